The fourth-order valence-corrected chi connectivity index (χ4v) is 3.93. The first-order valence-electron chi connectivity index (χ1n) is 5.75. The van der Waals surface area contributed by atoms with Crippen LogP contribution in [0.15, 0.2) is 24.4 Å². The molecule has 2 aliphatic heterocycles. The number of fused-ring (bicyclic) bond motifs is 3. The van der Waals surface area contributed by atoms with Crippen LogP contribution in [0.2, 0.25) is 0 Å². The molecule has 16 heavy (non-hydrogen) atoms. The number of pyridine rings is 1. The van der Waals surface area contributed by atoms with Crippen molar-refractivity contribution >= 4 is 26.6 Å². The Bertz CT molecular complexity index is 503. The monoisotopic (exact) mass is 231 g/mol. The van der Waals surface area contributed by atoms with E-state index in [1.54, 1.807) is 0 Å². The Morgan fingerprint density at radius 3 is 3.25 bits per heavy atom. The number of nitrogens with one attached hydrogen (secondary N) is 1. The summed E-state index contributed by atoms with van der Waals surface area (Å²) >= 11 is 1.87. The Morgan fingerprint density at radius 2 is 2.50 bits per heavy atom. The normalized spacial score (nSPS) is 28.1. The van der Waals surface area contributed by atoms with Crippen molar-refractivity contribution < 1.29 is 0 Å². The summed E-state index contributed by atoms with van der Waals surface area (Å²) in [5.41, 5.74) is 1.14. The molecule has 2 saturated heterocycles. The molecule has 0 aliphatic carbocycles. The molecule has 2 atom stereocenters. The van der Waals surface area contributed by atoms with Crippen LogP contribution in [0.5, 0.6) is 0 Å². The van der Waals surface area contributed by atoms with Gasteiger partial charge < -0.3 is 10.2 Å². The largest absolute Gasteiger partial charge is 0.357 e. The van der Waals surface area contributed by atoms with Gasteiger partial charge in [-0.3, -0.25) is 4.98 Å². The van der Waals surface area contributed by atoms with E-state index in [0.29, 0.717) is 12.1 Å². The molecule has 2 aliphatic rings. The lowest BCUT2D eigenvalue weighted by Gasteiger charge is -2.27. The summed E-state index contributed by atoms with van der Waals surface area (Å²) in [7, 11) is 0. The van der Waals surface area contributed by atoms with E-state index in [1.807, 2.05) is 23.6 Å². The molecular formula is C12H13N3S. The van der Waals surface area contributed by atoms with E-state index in [1.165, 1.54) is 16.1 Å². The summed E-state index contributed by atoms with van der Waals surface area (Å²) in [6.45, 7) is 2.31. The minimum atomic E-state index is 0.707. The first-order chi connectivity index (χ1) is 7.90. The first-order valence-corrected chi connectivity index (χ1v) is 6.56. The highest BCUT2D eigenvalue weighted by molar-refractivity contribution is 7.22. The van der Waals surface area contributed by atoms with Crippen LogP contribution in [0.1, 0.15) is 6.42 Å². The van der Waals surface area contributed by atoms with Gasteiger partial charge in [-0.2, -0.15) is 0 Å². The molecule has 0 spiro atoms. The van der Waals surface area contributed by atoms with Crippen molar-refractivity contribution in [1.29, 1.82) is 0 Å². The van der Waals surface area contributed by atoms with Gasteiger partial charge in [-0.25, -0.2) is 0 Å². The van der Waals surface area contributed by atoms with Crippen LogP contribution in [-0.4, -0.2) is 30.2 Å². The van der Waals surface area contributed by atoms with Gasteiger partial charge in [-0.15, -0.1) is 11.3 Å². The zero-order valence-corrected chi connectivity index (χ0v) is 9.70. The van der Waals surface area contributed by atoms with E-state index in [-0.39, 0.29) is 0 Å². The molecule has 4 heteroatoms. The van der Waals surface area contributed by atoms with Crippen molar-refractivity contribution in [2.75, 3.05) is 18.0 Å². The van der Waals surface area contributed by atoms with Crippen molar-refractivity contribution in [2.24, 2.45) is 0 Å². The van der Waals surface area contributed by atoms with Crippen LogP contribution in [0.3, 0.4) is 0 Å². The first kappa shape index (κ1) is 8.96. The van der Waals surface area contributed by atoms with E-state index >= 15 is 0 Å². The van der Waals surface area contributed by atoms with Gasteiger partial charge in [0.25, 0.3) is 0 Å². The zero-order valence-electron chi connectivity index (χ0n) is 8.89. The second-order valence-electron chi connectivity index (χ2n) is 4.62. The maximum atomic E-state index is 4.40. The van der Waals surface area contributed by atoms with Crippen molar-refractivity contribution in [3.8, 4) is 0 Å². The van der Waals surface area contributed by atoms with Gasteiger partial charge in [0.2, 0.25) is 0 Å². The Kier molecular flexibility index (Phi) is 1.78. The quantitative estimate of drug-likeness (QED) is 0.812. The second-order valence-corrected chi connectivity index (χ2v) is 5.68. The SMILES string of the molecule is c1cnc2cc(N3C[C@H]4C[C@@H]3CN4)sc2c1. The lowest BCUT2D eigenvalue weighted by atomic mass is 10.2. The number of anilines is 1. The molecule has 0 amide bonds. The maximum absolute atomic E-state index is 4.40. The smallest absolute Gasteiger partial charge is 0.0940 e. The van der Waals surface area contributed by atoms with E-state index in [0.717, 1.165) is 18.6 Å². The molecule has 0 unspecified atom stereocenters. The van der Waals surface area contributed by atoms with Crippen molar-refractivity contribution in [2.45, 2.75) is 18.5 Å². The summed E-state index contributed by atoms with van der Waals surface area (Å²) in [5.74, 6) is 0. The molecule has 1 N–H and O–H groups in total. The van der Waals surface area contributed by atoms with E-state index in [2.05, 4.69) is 27.3 Å². The van der Waals surface area contributed by atoms with Gasteiger partial charge >= 0.3 is 0 Å². The molecular weight excluding hydrogens is 218 g/mol. The van der Waals surface area contributed by atoms with Crippen LogP contribution < -0.4 is 10.2 Å². The third kappa shape index (κ3) is 1.20. The Balaban J connectivity index is 1.76. The van der Waals surface area contributed by atoms with Gasteiger partial charge in [0.15, 0.2) is 0 Å². The Labute approximate surface area is 98.1 Å². The predicted molar refractivity (Wildman–Crippen MR) is 67.2 cm³/mol. The highest BCUT2D eigenvalue weighted by Gasteiger charge is 2.38. The molecule has 4 heterocycles. The number of rotatable bonds is 1. The minimum absolute atomic E-state index is 0.707. The van der Waals surface area contributed by atoms with Crippen molar-refractivity contribution in [3.63, 3.8) is 0 Å². The van der Waals surface area contributed by atoms with E-state index in [4.69, 9.17) is 0 Å². The number of piperazine rings is 1. The lowest BCUT2D eigenvalue weighted by Crippen LogP contribution is -2.43. The topological polar surface area (TPSA) is 28.2 Å². The zero-order chi connectivity index (χ0) is 10.5. The van der Waals surface area contributed by atoms with Crippen molar-refractivity contribution in [3.05, 3.63) is 24.4 Å². The highest BCUT2D eigenvalue weighted by Crippen LogP contribution is 2.36. The van der Waals surface area contributed by atoms with Crippen LogP contribution in [0.4, 0.5) is 5.00 Å². The fraction of sp³-hybridized carbons (Fsp3) is 0.417. The number of hydrogen-bond donors (Lipinski definition) is 1. The molecule has 4 rings (SSSR count). The molecule has 82 valence electrons. The molecule has 2 aromatic heterocycles. The van der Waals surface area contributed by atoms with Crippen LogP contribution in [-0.2, 0) is 0 Å². The molecule has 3 nitrogen and oxygen atoms in total. The predicted octanol–water partition coefficient (Wildman–Crippen LogP) is 1.85. The summed E-state index contributed by atoms with van der Waals surface area (Å²) in [4.78, 5) is 6.95. The van der Waals surface area contributed by atoms with Crippen LogP contribution >= 0.6 is 11.3 Å². The fourth-order valence-electron chi connectivity index (χ4n) is 2.83. The standard InChI is InChI=1S/C12H13N3S/c1-2-11-10(13-3-1)5-12(16-11)15-7-8-4-9(15)6-14-8/h1-3,5,8-9,14H,4,6-7H2/t8-,9-/m1/s1. The number of nitrogens with zero attached hydrogens (tertiary/aromatic N) is 2. The number of hydrogen-bond acceptors (Lipinski definition) is 4. The molecule has 0 aromatic carbocycles. The molecule has 0 saturated carbocycles. The minimum Gasteiger partial charge on any atom is -0.357 e. The summed E-state index contributed by atoms with van der Waals surface area (Å²) in [6, 6.07) is 7.82. The highest BCUT2D eigenvalue weighted by atomic mass is 32.1. The summed E-state index contributed by atoms with van der Waals surface area (Å²) in [6.07, 6.45) is 3.18. The van der Waals surface area contributed by atoms with Gasteiger partial charge in [-0.05, 0) is 24.6 Å². The summed E-state index contributed by atoms with van der Waals surface area (Å²) < 4.78 is 1.30. The number of aromatic nitrogens is 1. The Morgan fingerprint density at radius 1 is 1.50 bits per heavy atom. The van der Waals surface area contributed by atoms with E-state index in [9.17, 15) is 0 Å². The van der Waals surface area contributed by atoms with Crippen LogP contribution in [0, 0.1) is 0 Å². The van der Waals surface area contributed by atoms with Crippen LogP contribution in [0.25, 0.3) is 10.2 Å². The third-order valence-electron chi connectivity index (χ3n) is 3.61. The molecule has 2 aromatic rings. The van der Waals surface area contributed by atoms with Gasteiger partial charge in [0.05, 0.1) is 15.2 Å². The average molecular weight is 231 g/mol. The summed E-state index contributed by atoms with van der Waals surface area (Å²) in [5, 5.41) is 4.93. The maximum Gasteiger partial charge on any atom is 0.0940 e. The van der Waals surface area contributed by atoms with Crippen molar-refractivity contribution in [1.82, 2.24) is 10.3 Å². The average Bonchev–Trinajstić information content (AvgIpc) is 3.02. The van der Waals surface area contributed by atoms with Gasteiger partial charge in [0.1, 0.15) is 0 Å². The molecule has 0 radical (unpaired) electrons. The van der Waals surface area contributed by atoms with Gasteiger partial charge in [-0.1, -0.05) is 0 Å². The number of thiophene rings is 1. The molecule has 2 fully saturated rings. The van der Waals surface area contributed by atoms with Gasteiger partial charge in [0, 0.05) is 31.4 Å². The second kappa shape index (κ2) is 3.18. The Hall–Kier alpha value is -1.13. The van der Waals surface area contributed by atoms with E-state index < -0.39 is 0 Å². The third-order valence-corrected chi connectivity index (χ3v) is 4.74. The lowest BCUT2D eigenvalue weighted by molar-refractivity contribution is 0.582. The molecule has 2 bridgehead atoms.